The van der Waals surface area contributed by atoms with E-state index in [2.05, 4.69) is 18.3 Å². The number of allylic oxidation sites excluding steroid dienone is 1. The zero-order valence-electron chi connectivity index (χ0n) is 21.9. The molecule has 0 aromatic heterocycles. The molecule has 0 aromatic rings. The van der Waals surface area contributed by atoms with Crippen molar-refractivity contribution in [3.8, 4) is 0 Å². The van der Waals surface area contributed by atoms with Gasteiger partial charge in [0.15, 0.2) is 6.29 Å². The van der Waals surface area contributed by atoms with Gasteiger partial charge in [0.05, 0.1) is 19.3 Å². The molecule has 0 spiro atoms. The molecule has 0 saturated carbocycles. The Morgan fingerprint density at radius 1 is 0.829 bits per heavy atom. The lowest BCUT2D eigenvalue weighted by atomic mass is 9.99. The lowest BCUT2D eigenvalue weighted by Crippen LogP contribution is -2.59. The Hall–Kier alpha value is -0.740. The van der Waals surface area contributed by atoms with Crippen LogP contribution >= 0.6 is 0 Å². The van der Waals surface area contributed by atoms with Gasteiger partial charge in [-0.2, -0.15) is 0 Å². The molecule has 1 fully saturated rings. The second-order valence-electron chi connectivity index (χ2n) is 9.88. The number of nitrogens with one attached hydrogen (secondary N) is 1. The third-order valence-corrected chi connectivity index (χ3v) is 6.64. The number of hydrogen-bond donors (Lipinski definition) is 6. The first-order valence-electron chi connectivity index (χ1n) is 14.0. The maximum Gasteiger partial charge on any atom is 0.184 e. The van der Waals surface area contributed by atoms with Gasteiger partial charge in [0, 0.05) is 6.54 Å². The molecule has 0 radical (unpaired) electrons. The Morgan fingerprint density at radius 3 is 1.91 bits per heavy atom. The minimum absolute atomic E-state index is 0.140. The lowest BCUT2D eigenvalue weighted by Gasteiger charge is -2.40. The summed E-state index contributed by atoms with van der Waals surface area (Å²) in [5.74, 6) is 0. The van der Waals surface area contributed by atoms with Crippen molar-refractivity contribution in [2.24, 2.45) is 0 Å². The highest BCUT2D eigenvalue weighted by molar-refractivity contribution is 4.89. The fourth-order valence-electron chi connectivity index (χ4n) is 4.36. The predicted molar refractivity (Wildman–Crippen MR) is 138 cm³/mol. The summed E-state index contributed by atoms with van der Waals surface area (Å²) in [6.45, 7) is 1.86. The first-order valence-corrected chi connectivity index (χ1v) is 14.0. The van der Waals surface area contributed by atoms with Crippen molar-refractivity contribution in [1.29, 1.82) is 0 Å². The molecule has 208 valence electrons. The average molecular weight is 504 g/mol. The molecule has 0 amide bonds. The van der Waals surface area contributed by atoms with E-state index in [9.17, 15) is 20.4 Å². The van der Waals surface area contributed by atoms with Crippen LogP contribution in [-0.4, -0.2) is 82.1 Å². The van der Waals surface area contributed by atoms with Crippen LogP contribution in [0.4, 0.5) is 0 Å². The minimum Gasteiger partial charge on any atom is -0.394 e. The quantitative estimate of drug-likeness (QED) is 0.124. The number of aliphatic hydroxyl groups is 5. The van der Waals surface area contributed by atoms with E-state index < -0.39 is 43.4 Å². The number of unbranched alkanes of at least 4 members (excludes halogenated alkanes) is 14. The normalized spacial score (nSPS) is 25.8. The number of ether oxygens (including phenoxy) is 2. The zero-order chi connectivity index (χ0) is 25.7. The summed E-state index contributed by atoms with van der Waals surface area (Å²) in [5, 5.41) is 51.9. The fraction of sp³-hybridized carbons (Fsp3) is 0.926. The van der Waals surface area contributed by atoms with Crippen molar-refractivity contribution < 1.29 is 35.0 Å². The molecule has 1 saturated heterocycles. The summed E-state index contributed by atoms with van der Waals surface area (Å²) >= 11 is 0. The molecule has 6 atom stereocenters. The summed E-state index contributed by atoms with van der Waals surface area (Å²) in [4.78, 5) is 0. The van der Waals surface area contributed by atoms with E-state index >= 15 is 0 Å². The first-order chi connectivity index (χ1) is 17.0. The van der Waals surface area contributed by atoms with Crippen LogP contribution in [0.2, 0.25) is 0 Å². The van der Waals surface area contributed by atoms with Crippen molar-refractivity contribution in [1.82, 2.24) is 5.32 Å². The number of hydrogen-bond acceptors (Lipinski definition) is 8. The molecule has 8 heteroatoms. The lowest BCUT2D eigenvalue weighted by molar-refractivity contribution is -0.298. The van der Waals surface area contributed by atoms with Crippen LogP contribution < -0.4 is 5.32 Å². The standard InChI is InChI=1S/C27H53NO7/c1-2-3-4-5-6-7-8-9-10-11-12-13-14-15-16-17-18-28-19-22(30)21-34-26-25(32)24(31)23(20-29)35-27(26)33/h17-18,22-33H,2-16,19-21H2,1H3/b18-17+/t22?,23-,24+,25+,26-,27-/m1/s1. The summed E-state index contributed by atoms with van der Waals surface area (Å²) < 4.78 is 10.4. The van der Waals surface area contributed by atoms with E-state index in [4.69, 9.17) is 14.6 Å². The van der Waals surface area contributed by atoms with Crippen LogP contribution in [0.5, 0.6) is 0 Å². The van der Waals surface area contributed by atoms with Gasteiger partial charge in [-0.1, -0.05) is 96.5 Å². The van der Waals surface area contributed by atoms with Gasteiger partial charge < -0.3 is 40.3 Å². The van der Waals surface area contributed by atoms with Gasteiger partial charge in [-0.3, -0.25) is 0 Å². The molecule has 0 aliphatic carbocycles. The van der Waals surface area contributed by atoms with E-state index in [1.807, 2.05) is 6.20 Å². The summed E-state index contributed by atoms with van der Waals surface area (Å²) in [6, 6.07) is 0. The topological polar surface area (TPSA) is 132 Å². The second kappa shape index (κ2) is 21.4. The van der Waals surface area contributed by atoms with Gasteiger partial charge in [-0.15, -0.1) is 0 Å². The maximum atomic E-state index is 10.0. The zero-order valence-corrected chi connectivity index (χ0v) is 21.9. The van der Waals surface area contributed by atoms with Crippen molar-refractivity contribution in [3.63, 3.8) is 0 Å². The van der Waals surface area contributed by atoms with Crippen LogP contribution in [0.3, 0.4) is 0 Å². The molecule has 6 N–H and O–H groups in total. The number of aliphatic hydroxyl groups excluding tert-OH is 5. The third-order valence-electron chi connectivity index (χ3n) is 6.64. The Kier molecular flexibility index (Phi) is 19.7. The summed E-state index contributed by atoms with van der Waals surface area (Å²) in [6.07, 6.45) is 16.4. The van der Waals surface area contributed by atoms with E-state index in [-0.39, 0.29) is 13.2 Å². The van der Waals surface area contributed by atoms with Crippen LogP contribution in [0.15, 0.2) is 12.3 Å². The largest absolute Gasteiger partial charge is 0.394 e. The first kappa shape index (κ1) is 32.3. The summed E-state index contributed by atoms with van der Waals surface area (Å²) in [5.41, 5.74) is 0. The summed E-state index contributed by atoms with van der Waals surface area (Å²) in [7, 11) is 0. The molecule has 1 rings (SSSR count). The molecule has 1 unspecified atom stereocenters. The molecular weight excluding hydrogens is 450 g/mol. The van der Waals surface area contributed by atoms with E-state index in [1.165, 1.54) is 83.5 Å². The van der Waals surface area contributed by atoms with Crippen LogP contribution in [0, 0.1) is 0 Å². The van der Waals surface area contributed by atoms with Crippen LogP contribution in [-0.2, 0) is 9.47 Å². The smallest absolute Gasteiger partial charge is 0.184 e. The van der Waals surface area contributed by atoms with Crippen molar-refractivity contribution >= 4 is 0 Å². The van der Waals surface area contributed by atoms with E-state index in [1.54, 1.807) is 0 Å². The van der Waals surface area contributed by atoms with Gasteiger partial charge in [0.25, 0.3) is 0 Å². The van der Waals surface area contributed by atoms with E-state index in [0.29, 0.717) is 0 Å². The van der Waals surface area contributed by atoms with Gasteiger partial charge in [0.1, 0.15) is 24.4 Å². The van der Waals surface area contributed by atoms with Crippen molar-refractivity contribution in [2.45, 2.75) is 140 Å². The highest BCUT2D eigenvalue weighted by atomic mass is 16.7. The molecule has 1 aliphatic heterocycles. The third kappa shape index (κ3) is 15.2. The molecule has 1 aliphatic rings. The predicted octanol–water partition coefficient (Wildman–Crippen LogP) is 3.14. The second-order valence-corrected chi connectivity index (χ2v) is 9.88. The minimum atomic E-state index is -1.49. The Balaban J connectivity index is 1.91. The van der Waals surface area contributed by atoms with Crippen molar-refractivity contribution in [2.75, 3.05) is 19.8 Å². The van der Waals surface area contributed by atoms with Crippen LogP contribution in [0.25, 0.3) is 0 Å². The fourth-order valence-corrected chi connectivity index (χ4v) is 4.36. The SMILES string of the molecule is CCCCCCCCCCCCCCCC/C=C/NCC(O)CO[C@@H]1[C@@H](O)[C@@H](O)[C@@H](CO)O[C@H]1O. The van der Waals surface area contributed by atoms with Gasteiger partial charge in [-0.25, -0.2) is 0 Å². The Morgan fingerprint density at radius 2 is 1.37 bits per heavy atom. The molecule has 0 aromatic carbocycles. The molecule has 35 heavy (non-hydrogen) atoms. The highest BCUT2D eigenvalue weighted by Crippen LogP contribution is 2.22. The molecular formula is C27H53NO7. The van der Waals surface area contributed by atoms with Gasteiger partial charge in [0.2, 0.25) is 0 Å². The van der Waals surface area contributed by atoms with E-state index in [0.717, 1.165) is 12.8 Å². The Bertz CT molecular complexity index is 508. The number of rotatable bonds is 22. The molecule has 1 heterocycles. The van der Waals surface area contributed by atoms with Gasteiger partial charge >= 0.3 is 0 Å². The monoisotopic (exact) mass is 503 g/mol. The average Bonchev–Trinajstić information content (AvgIpc) is 2.85. The Labute approximate surface area is 212 Å². The van der Waals surface area contributed by atoms with Crippen molar-refractivity contribution in [3.05, 3.63) is 12.3 Å². The molecule has 0 bridgehead atoms. The molecule has 8 nitrogen and oxygen atoms in total. The van der Waals surface area contributed by atoms with Crippen LogP contribution in [0.1, 0.15) is 103 Å². The maximum absolute atomic E-state index is 10.0. The highest BCUT2D eigenvalue weighted by Gasteiger charge is 2.44. The van der Waals surface area contributed by atoms with Gasteiger partial charge in [-0.05, 0) is 19.0 Å².